The number of hydrogen-bond donors (Lipinski definition) is 1. The molecule has 0 spiro atoms. The van der Waals surface area contributed by atoms with Gasteiger partial charge in [-0.05, 0) is 51.1 Å². The monoisotopic (exact) mass is 483 g/mol. The number of nitro benzene ring substituents is 2. The number of anilines is 2. The second kappa shape index (κ2) is 10.1. The molecule has 1 N–H and O–H groups in total. The molecule has 12 heteroatoms. The second-order valence-electron chi connectivity index (χ2n) is 8.54. The largest absolute Gasteiger partial charge is 0.479 e. The molecule has 1 fully saturated rings. The first-order chi connectivity index (χ1) is 16.7. The summed E-state index contributed by atoms with van der Waals surface area (Å²) >= 11 is 0. The van der Waals surface area contributed by atoms with E-state index in [-0.39, 0.29) is 11.5 Å². The fourth-order valence-electron chi connectivity index (χ4n) is 4.28. The molecule has 0 bridgehead atoms. The predicted octanol–water partition coefficient (Wildman–Crippen LogP) is 3.36. The van der Waals surface area contributed by atoms with E-state index in [0.29, 0.717) is 30.2 Å². The molecule has 2 aliphatic heterocycles. The van der Waals surface area contributed by atoms with Crippen molar-refractivity contribution in [1.29, 1.82) is 0 Å². The Morgan fingerprint density at radius 2 is 1.69 bits per heavy atom. The van der Waals surface area contributed by atoms with Crippen LogP contribution in [0.4, 0.5) is 22.7 Å². The van der Waals surface area contributed by atoms with Gasteiger partial charge in [0.05, 0.1) is 27.2 Å². The number of non-ortho nitro benzene ring substituents is 2. The maximum atomic E-state index is 12.9. The lowest BCUT2D eigenvalue weighted by Crippen LogP contribution is -2.48. The highest BCUT2D eigenvalue weighted by atomic mass is 16.6. The number of nitro groups is 2. The number of rotatable bonds is 7. The number of piperidine rings is 1. The molecule has 1 saturated heterocycles. The number of fused-ring (bicyclic) bond motifs is 1. The van der Waals surface area contributed by atoms with Crippen LogP contribution in [0.3, 0.4) is 0 Å². The predicted molar refractivity (Wildman–Crippen MR) is 127 cm³/mol. The fraction of sp³-hybridized carbons (Fsp3) is 0.391. The number of hydrogen-bond acceptors (Lipinski definition) is 8. The minimum Gasteiger partial charge on any atom is -0.479 e. The summed E-state index contributed by atoms with van der Waals surface area (Å²) in [5.41, 5.74) is -0.533. The molecule has 0 saturated carbocycles. The van der Waals surface area contributed by atoms with Gasteiger partial charge in [-0.3, -0.25) is 29.8 Å². The lowest BCUT2D eigenvalue weighted by Gasteiger charge is -2.35. The van der Waals surface area contributed by atoms with Crippen LogP contribution in [0, 0.1) is 20.2 Å². The van der Waals surface area contributed by atoms with E-state index in [1.165, 1.54) is 6.42 Å². The molecule has 2 aromatic rings. The van der Waals surface area contributed by atoms with Crippen molar-refractivity contribution in [2.75, 3.05) is 36.4 Å². The number of likely N-dealkylation sites (tertiary alicyclic amines) is 1. The molecule has 0 aliphatic carbocycles. The summed E-state index contributed by atoms with van der Waals surface area (Å²) in [5.74, 6) is -0.444. The third kappa shape index (κ3) is 5.38. The van der Waals surface area contributed by atoms with Crippen LogP contribution in [0.2, 0.25) is 0 Å². The quantitative estimate of drug-likeness (QED) is 0.466. The molecule has 2 heterocycles. The first kappa shape index (κ1) is 24.1. The van der Waals surface area contributed by atoms with Gasteiger partial charge < -0.3 is 19.9 Å². The van der Waals surface area contributed by atoms with Crippen molar-refractivity contribution >= 4 is 34.6 Å². The SMILES string of the molecule is CC1Oc2ccc(NC(=O)c3cc([N+](=O)[O-])cc([N+](=O)[O-])c3)cc2N(CCN2CCCCC2)C1=O. The first-order valence-electron chi connectivity index (χ1n) is 11.3. The summed E-state index contributed by atoms with van der Waals surface area (Å²) in [6, 6.07) is 7.55. The molecule has 1 atom stereocenters. The zero-order valence-electron chi connectivity index (χ0n) is 19.1. The third-order valence-electron chi connectivity index (χ3n) is 6.10. The van der Waals surface area contributed by atoms with Crippen LogP contribution < -0.4 is 15.0 Å². The number of benzene rings is 2. The van der Waals surface area contributed by atoms with E-state index >= 15 is 0 Å². The molecule has 4 rings (SSSR count). The smallest absolute Gasteiger partial charge is 0.277 e. The van der Waals surface area contributed by atoms with E-state index in [9.17, 15) is 29.8 Å². The highest BCUT2D eigenvalue weighted by molar-refractivity contribution is 6.06. The Bertz CT molecular complexity index is 1150. The molecule has 184 valence electrons. The number of nitrogens with one attached hydrogen (secondary N) is 1. The van der Waals surface area contributed by atoms with Gasteiger partial charge in [0.2, 0.25) is 0 Å². The molecule has 0 radical (unpaired) electrons. The Hall–Kier alpha value is -4.06. The van der Waals surface area contributed by atoms with Gasteiger partial charge >= 0.3 is 0 Å². The molecule has 2 amide bonds. The Balaban J connectivity index is 1.57. The lowest BCUT2D eigenvalue weighted by atomic mass is 10.1. The van der Waals surface area contributed by atoms with Gasteiger partial charge in [0.1, 0.15) is 5.75 Å². The van der Waals surface area contributed by atoms with E-state index in [2.05, 4.69) is 10.2 Å². The van der Waals surface area contributed by atoms with Crippen molar-refractivity contribution in [2.24, 2.45) is 0 Å². The van der Waals surface area contributed by atoms with Crippen LogP contribution in [0.5, 0.6) is 5.75 Å². The molecule has 35 heavy (non-hydrogen) atoms. The fourth-order valence-corrected chi connectivity index (χ4v) is 4.28. The summed E-state index contributed by atoms with van der Waals surface area (Å²) in [6.45, 7) is 4.85. The minimum atomic E-state index is -0.799. The van der Waals surface area contributed by atoms with Gasteiger partial charge in [-0.25, -0.2) is 0 Å². The molecule has 2 aromatic carbocycles. The second-order valence-corrected chi connectivity index (χ2v) is 8.54. The summed E-state index contributed by atoms with van der Waals surface area (Å²) in [6.07, 6.45) is 2.84. The molecular formula is C23H25N5O7. The van der Waals surface area contributed by atoms with Gasteiger partial charge in [-0.1, -0.05) is 6.42 Å². The third-order valence-corrected chi connectivity index (χ3v) is 6.10. The average molecular weight is 483 g/mol. The van der Waals surface area contributed by atoms with E-state index < -0.39 is 33.2 Å². The Kier molecular flexibility index (Phi) is 6.92. The van der Waals surface area contributed by atoms with Crippen molar-refractivity contribution in [3.05, 3.63) is 62.2 Å². The number of nitrogens with zero attached hydrogens (tertiary/aromatic N) is 4. The summed E-state index contributed by atoms with van der Waals surface area (Å²) < 4.78 is 5.73. The van der Waals surface area contributed by atoms with Crippen LogP contribution >= 0.6 is 0 Å². The Labute approximate surface area is 200 Å². The zero-order chi connectivity index (χ0) is 25.1. The number of carbonyl (C=O) groups excluding carboxylic acids is 2. The topological polar surface area (TPSA) is 148 Å². The summed E-state index contributed by atoms with van der Waals surface area (Å²) in [7, 11) is 0. The van der Waals surface area contributed by atoms with Gasteiger partial charge in [-0.2, -0.15) is 0 Å². The minimum absolute atomic E-state index is 0.188. The van der Waals surface area contributed by atoms with E-state index in [1.807, 2.05) is 0 Å². The van der Waals surface area contributed by atoms with Crippen LogP contribution in [0.1, 0.15) is 36.5 Å². The molecule has 1 unspecified atom stereocenters. The van der Waals surface area contributed by atoms with Gasteiger partial charge in [0, 0.05) is 30.9 Å². The van der Waals surface area contributed by atoms with Crippen molar-refractivity contribution in [3.8, 4) is 5.75 Å². The molecule has 0 aromatic heterocycles. The first-order valence-corrected chi connectivity index (χ1v) is 11.3. The average Bonchev–Trinajstić information content (AvgIpc) is 2.85. The van der Waals surface area contributed by atoms with E-state index in [1.54, 1.807) is 30.0 Å². The molecular weight excluding hydrogens is 458 g/mol. The number of carbonyl (C=O) groups is 2. The van der Waals surface area contributed by atoms with Gasteiger partial charge in [0.15, 0.2) is 6.10 Å². The lowest BCUT2D eigenvalue weighted by molar-refractivity contribution is -0.394. The normalized spacial score (nSPS) is 17.9. The van der Waals surface area contributed by atoms with Crippen molar-refractivity contribution in [2.45, 2.75) is 32.3 Å². The van der Waals surface area contributed by atoms with Crippen LogP contribution in [-0.2, 0) is 4.79 Å². The summed E-state index contributed by atoms with van der Waals surface area (Å²) in [4.78, 5) is 50.3. The molecule has 12 nitrogen and oxygen atoms in total. The van der Waals surface area contributed by atoms with Crippen LogP contribution in [0.25, 0.3) is 0 Å². The van der Waals surface area contributed by atoms with E-state index in [4.69, 9.17) is 4.74 Å². The highest BCUT2D eigenvalue weighted by Crippen LogP contribution is 2.36. The molecule has 2 aliphatic rings. The van der Waals surface area contributed by atoms with Crippen molar-refractivity contribution < 1.29 is 24.2 Å². The van der Waals surface area contributed by atoms with Gasteiger partial charge in [0.25, 0.3) is 23.2 Å². The summed E-state index contributed by atoms with van der Waals surface area (Å²) in [5, 5.41) is 24.9. The van der Waals surface area contributed by atoms with Gasteiger partial charge in [-0.15, -0.1) is 0 Å². The Morgan fingerprint density at radius 1 is 1.03 bits per heavy atom. The maximum Gasteiger partial charge on any atom is 0.277 e. The zero-order valence-corrected chi connectivity index (χ0v) is 19.1. The van der Waals surface area contributed by atoms with Crippen molar-refractivity contribution in [1.82, 2.24) is 4.90 Å². The van der Waals surface area contributed by atoms with Crippen molar-refractivity contribution in [3.63, 3.8) is 0 Å². The van der Waals surface area contributed by atoms with Crippen LogP contribution in [-0.4, -0.2) is 58.8 Å². The number of ether oxygens (including phenoxy) is 1. The highest BCUT2D eigenvalue weighted by Gasteiger charge is 2.32. The Morgan fingerprint density at radius 3 is 2.31 bits per heavy atom. The van der Waals surface area contributed by atoms with Crippen LogP contribution in [0.15, 0.2) is 36.4 Å². The van der Waals surface area contributed by atoms with E-state index in [0.717, 1.165) is 44.1 Å². The standard InChI is InChI=1S/C23H25N5O7/c1-15-23(30)26(10-9-25-7-3-2-4-8-25)20-13-17(5-6-21(20)35-15)24-22(29)16-11-18(27(31)32)14-19(12-16)28(33)34/h5-6,11-15H,2-4,7-10H2,1H3,(H,24,29). The number of amides is 2. The maximum absolute atomic E-state index is 12.9.